The third kappa shape index (κ3) is 3.74. The SMILES string of the molecule is CC.CN(CC1CC(C)(C)CN1)C1CCC1. The van der Waals surface area contributed by atoms with Gasteiger partial charge in [0, 0.05) is 25.2 Å². The summed E-state index contributed by atoms with van der Waals surface area (Å²) in [4.78, 5) is 2.56. The zero-order valence-electron chi connectivity index (χ0n) is 11.8. The van der Waals surface area contributed by atoms with Gasteiger partial charge in [0.1, 0.15) is 0 Å². The molecule has 1 atom stereocenters. The number of likely N-dealkylation sites (N-methyl/N-ethyl adjacent to an activating group) is 1. The predicted octanol–water partition coefficient (Wildman–Crippen LogP) is 2.89. The second-order valence-electron chi connectivity index (χ2n) is 5.97. The average Bonchev–Trinajstić information content (AvgIpc) is 2.45. The van der Waals surface area contributed by atoms with Crippen LogP contribution in [0.5, 0.6) is 0 Å². The van der Waals surface area contributed by atoms with Crippen molar-refractivity contribution in [1.29, 1.82) is 0 Å². The molecule has 2 rings (SSSR count). The van der Waals surface area contributed by atoms with Gasteiger partial charge < -0.3 is 10.2 Å². The van der Waals surface area contributed by atoms with Gasteiger partial charge in [-0.3, -0.25) is 0 Å². The summed E-state index contributed by atoms with van der Waals surface area (Å²) >= 11 is 0. The second kappa shape index (κ2) is 6.02. The van der Waals surface area contributed by atoms with Crippen molar-refractivity contribution in [1.82, 2.24) is 10.2 Å². The highest BCUT2D eigenvalue weighted by Crippen LogP contribution is 2.29. The molecule has 1 aliphatic carbocycles. The summed E-state index contributed by atoms with van der Waals surface area (Å²) in [5, 5.41) is 3.64. The van der Waals surface area contributed by atoms with Gasteiger partial charge in [-0.15, -0.1) is 0 Å². The molecule has 2 aliphatic rings. The van der Waals surface area contributed by atoms with Crippen LogP contribution in [0.25, 0.3) is 0 Å². The van der Waals surface area contributed by atoms with Crippen LogP contribution in [0.4, 0.5) is 0 Å². The van der Waals surface area contributed by atoms with Crippen molar-refractivity contribution in [2.75, 3.05) is 20.1 Å². The van der Waals surface area contributed by atoms with Crippen LogP contribution in [-0.2, 0) is 0 Å². The molecule has 0 aromatic rings. The Hall–Kier alpha value is -0.0800. The first-order valence-corrected chi connectivity index (χ1v) is 7.00. The van der Waals surface area contributed by atoms with Gasteiger partial charge in [-0.2, -0.15) is 0 Å². The highest BCUT2D eigenvalue weighted by Gasteiger charge is 2.32. The summed E-state index contributed by atoms with van der Waals surface area (Å²) in [6.07, 6.45) is 5.63. The molecule has 1 saturated heterocycles. The van der Waals surface area contributed by atoms with Gasteiger partial charge in [0.25, 0.3) is 0 Å². The highest BCUT2D eigenvalue weighted by atomic mass is 15.2. The molecule has 96 valence electrons. The van der Waals surface area contributed by atoms with Crippen LogP contribution < -0.4 is 5.32 Å². The van der Waals surface area contributed by atoms with Gasteiger partial charge in [-0.1, -0.05) is 34.1 Å². The van der Waals surface area contributed by atoms with Crippen LogP contribution in [0, 0.1) is 5.41 Å². The average molecular weight is 226 g/mol. The molecule has 2 heteroatoms. The monoisotopic (exact) mass is 226 g/mol. The van der Waals surface area contributed by atoms with Crippen LogP contribution in [0.15, 0.2) is 0 Å². The van der Waals surface area contributed by atoms with Crippen LogP contribution in [0.1, 0.15) is 53.4 Å². The topological polar surface area (TPSA) is 15.3 Å². The van der Waals surface area contributed by atoms with Gasteiger partial charge in [0.05, 0.1) is 0 Å². The predicted molar refractivity (Wildman–Crippen MR) is 71.8 cm³/mol. The van der Waals surface area contributed by atoms with E-state index in [1.54, 1.807) is 0 Å². The van der Waals surface area contributed by atoms with Crippen LogP contribution in [-0.4, -0.2) is 37.1 Å². The van der Waals surface area contributed by atoms with Crippen LogP contribution >= 0.6 is 0 Å². The standard InChI is InChI=1S/C12H24N2.C2H6/c1-12(2)7-10(13-9-12)8-14(3)11-5-4-6-11;1-2/h10-11,13H,4-9H2,1-3H3;1-2H3. The summed E-state index contributed by atoms with van der Waals surface area (Å²) in [5.41, 5.74) is 0.519. The van der Waals surface area contributed by atoms with Crippen LogP contribution in [0.3, 0.4) is 0 Å². The third-order valence-electron chi connectivity index (χ3n) is 3.87. The molecule has 0 bridgehead atoms. The fraction of sp³-hybridized carbons (Fsp3) is 1.00. The third-order valence-corrected chi connectivity index (χ3v) is 3.87. The van der Waals surface area contributed by atoms with Gasteiger partial charge in [-0.05, 0) is 31.7 Å². The van der Waals surface area contributed by atoms with E-state index in [4.69, 9.17) is 0 Å². The minimum Gasteiger partial charge on any atom is -0.312 e. The molecule has 1 aliphatic heterocycles. The lowest BCUT2D eigenvalue weighted by Crippen LogP contribution is -2.43. The van der Waals surface area contributed by atoms with E-state index in [1.807, 2.05) is 13.8 Å². The summed E-state index contributed by atoms with van der Waals surface area (Å²) in [7, 11) is 2.29. The van der Waals surface area contributed by atoms with E-state index in [0.29, 0.717) is 5.41 Å². The summed E-state index contributed by atoms with van der Waals surface area (Å²) in [5.74, 6) is 0. The van der Waals surface area contributed by atoms with Crippen molar-refractivity contribution >= 4 is 0 Å². The first-order valence-electron chi connectivity index (χ1n) is 7.00. The molecule has 16 heavy (non-hydrogen) atoms. The van der Waals surface area contributed by atoms with Crippen molar-refractivity contribution in [2.45, 2.75) is 65.5 Å². The molecule has 1 unspecified atom stereocenters. The van der Waals surface area contributed by atoms with E-state index in [9.17, 15) is 0 Å². The lowest BCUT2D eigenvalue weighted by molar-refractivity contribution is 0.147. The molecule has 2 nitrogen and oxygen atoms in total. The molecular formula is C14H30N2. The Morgan fingerprint density at radius 3 is 2.25 bits per heavy atom. The van der Waals surface area contributed by atoms with Crippen molar-refractivity contribution < 1.29 is 0 Å². The zero-order chi connectivity index (χ0) is 12.2. The molecule has 0 aromatic carbocycles. The van der Waals surface area contributed by atoms with Crippen molar-refractivity contribution in [3.63, 3.8) is 0 Å². The van der Waals surface area contributed by atoms with E-state index in [1.165, 1.54) is 38.8 Å². The van der Waals surface area contributed by atoms with Gasteiger partial charge in [0.15, 0.2) is 0 Å². The summed E-state index contributed by atoms with van der Waals surface area (Å²) in [6, 6.07) is 1.62. The first-order chi connectivity index (χ1) is 7.57. The van der Waals surface area contributed by atoms with E-state index < -0.39 is 0 Å². The maximum atomic E-state index is 3.64. The van der Waals surface area contributed by atoms with Crippen LogP contribution in [0.2, 0.25) is 0 Å². The molecule has 1 heterocycles. The smallest absolute Gasteiger partial charge is 0.0200 e. The van der Waals surface area contributed by atoms with Gasteiger partial charge in [0.2, 0.25) is 0 Å². The Bertz CT molecular complexity index is 197. The Balaban J connectivity index is 0.000000606. The molecule has 2 fully saturated rings. The molecule has 0 radical (unpaired) electrons. The van der Waals surface area contributed by atoms with Gasteiger partial charge in [-0.25, -0.2) is 0 Å². The largest absolute Gasteiger partial charge is 0.312 e. The Morgan fingerprint density at radius 1 is 1.25 bits per heavy atom. The van der Waals surface area contributed by atoms with Crippen molar-refractivity contribution in [3.8, 4) is 0 Å². The number of nitrogens with one attached hydrogen (secondary N) is 1. The molecular weight excluding hydrogens is 196 g/mol. The maximum Gasteiger partial charge on any atom is 0.0200 e. The first kappa shape index (κ1) is 14.0. The maximum absolute atomic E-state index is 3.64. The molecule has 1 saturated carbocycles. The number of nitrogens with zero attached hydrogens (tertiary/aromatic N) is 1. The van der Waals surface area contributed by atoms with E-state index in [-0.39, 0.29) is 0 Å². The van der Waals surface area contributed by atoms with E-state index in [2.05, 4.69) is 31.1 Å². The molecule has 0 amide bonds. The Kier molecular flexibility index (Phi) is 5.26. The second-order valence-corrected chi connectivity index (χ2v) is 5.97. The van der Waals surface area contributed by atoms with Crippen molar-refractivity contribution in [2.24, 2.45) is 5.41 Å². The lowest BCUT2D eigenvalue weighted by Gasteiger charge is -2.36. The zero-order valence-corrected chi connectivity index (χ0v) is 11.8. The Morgan fingerprint density at radius 2 is 1.88 bits per heavy atom. The minimum atomic E-state index is 0.519. The number of hydrogen-bond donors (Lipinski definition) is 1. The number of hydrogen-bond acceptors (Lipinski definition) is 2. The number of rotatable bonds is 3. The molecule has 0 spiro atoms. The fourth-order valence-electron chi connectivity index (χ4n) is 2.69. The fourth-order valence-corrected chi connectivity index (χ4v) is 2.69. The summed E-state index contributed by atoms with van der Waals surface area (Å²) in [6.45, 7) is 11.2. The van der Waals surface area contributed by atoms with Gasteiger partial charge >= 0.3 is 0 Å². The van der Waals surface area contributed by atoms with Crippen molar-refractivity contribution in [3.05, 3.63) is 0 Å². The lowest BCUT2D eigenvalue weighted by atomic mass is 9.89. The highest BCUT2D eigenvalue weighted by molar-refractivity contribution is 4.90. The minimum absolute atomic E-state index is 0.519. The normalized spacial score (nSPS) is 28.5. The summed E-state index contributed by atoms with van der Waals surface area (Å²) < 4.78 is 0. The van der Waals surface area contributed by atoms with E-state index >= 15 is 0 Å². The molecule has 1 N–H and O–H groups in total. The quantitative estimate of drug-likeness (QED) is 0.796. The Labute approximate surface area is 102 Å². The molecule has 0 aromatic heterocycles. The van der Waals surface area contributed by atoms with E-state index in [0.717, 1.165) is 12.1 Å².